The van der Waals surface area contributed by atoms with Crippen LogP contribution < -0.4 is 5.32 Å². The van der Waals surface area contributed by atoms with Crippen LogP contribution in [0.25, 0.3) is 11.1 Å². The van der Waals surface area contributed by atoms with Crippen LogP contribution in [0.5, 0.6) is 0 Å². The highest BCUT2D eigenvalue weighted by atomic mass is 16.5. The number of ether oxygens (including phenoxy) is 1. The van der Waals surface area contributed by atoms with Crippen LogP contribution in [-0.4, -0.2) is 53.2 Å². The lowest BCUT2D eigenvalue weighted by Crippen LogP contribution is -2.42. The Morgan fingerprint density at radius 2 is 1.66 bits per heavy atom. The van der Waals surface area contributed by atoms with Crippen molar-refractivity contribution in [2.45, 2.75) is 57.5 Å². The molecule has 3 aliphatic rings. The molecule has 1 aliphatic carbocycles. The number of aliphatic carboxylic acids is 1. The van der Waals surface area contributed by atoms with Crippen LogP contribution >= 0.6 is 0 Å². The minimum Gasteiger partial charge on any atom is -0.481 e. The third kappa shape index (κ3) is 4.40. The van der Waals surface area contributed by atoms with Crippen LogP contribution in [0.15, 0.2) is 48.5 Å². The van der Waals surface area contributed by atoms with Crippen molar-refractivity contribution in [2.75, 3.05) is 13.2 Å². The second kappa shape index (κ2) is 9.02. The zero-order chi connectivity index (χ0) is 24.7. The average Bonchev–Trinajstić information content (AvgIpc) is 3.51. The molecule has 0 saturated carbocycles. The van der Waals surface area contributed by atoms with E-state index in [9.17, 15) is 19.5 Å². The molecule has 5 rings (SSSR count). The first-order valence-electron chi connectivity index (χ1n) is 12.4. The van der Waals surface area contributed by atoms with Gasteiger partial charge in [0.15, 0.2) is 0 Å². The maximum atomic E-state index is 13.1. The summed E-state index contributed by atoms with van der Waals surface area (Å²) in [4.78, 5) is 38.9. The van der Waals surface area contributed by atoms with E-state index in [-0.39, 0.29) is 36.9 Å². The molecule has 7 heteroatoms. The molecule has 3 unspecified atom stereocenters. The Labute approximate surface area is 205 Å². The smallest absolute Gasteiger partial charge is 0.407 e. The van der Waals surface area contributed by atoms with E-state index in [4.69, 9.17) is 4.74 Å². The van der Waals surface area contributed by atoms with Crippen molar-refractivity contribution >= 4 is 18.0 Å². The van der Waals surface area contributed by atoms with Gasteiger partial charge in [0, 0.05) is 31.0 Å². The van der Waals surface area contributed by atoms with Gasteiger partial charge in [0.2, 0.25) is 5.91 Å². The number of hydrogen-bond acceptors (Lipinski definition) is 4. The summed E-state index contributed by atoms with van der Waals surface area (Å²) in [5.74, 6) is -1.30. The highest BCUT2D eigenvalue weighted by molar-refractivity contribution is 5.81. The molecule has 2 aliphatic heterocycles. The van der Waals surface area contributed by atoms with Gasteiger partial charge < -0.3 is 20.1 Å². The molecule has 7 nitrogen and oxygen atoms in total. The van der Waals surface area contributed by atoms with E-state index in [1.807, 2.05) is 38.1 Å². The van der Waals surface area contributed by atoms with E-state index in [1.54, 1.807) is 4.90 Å². The van der Waals surface area contributed by atoms with Gasteiger partial charge in [-0.15, -0.1) is 0 Å². The normalized spacial score (nSPS) is 22.6. The second-order valence-corrected chi connectivity index (χ2v) is 10.8. The Bertz CT molecular complexity index is 1110. The molecule has 2 amide bonds. The molecular weight excluding hydrogens is 444 g/mol. The number of rotatable bonds is 7. The topological polar surface area (TPSA) is 95.9 Å². The highest BCUT2D eigenvalue weighted by Crippen LogP contribution is 2.45. The number of alkyl carbamates (subject to hydrolysis) is 1. The summed E-state index contributed by atoms with van der Waals surface area (Å²) in [6.45, 7) is 4.40. The van der Waals surface area contributed by atoms with E-state index >= 15 is 0 Å². The second-order valence-electron chi connectivity index (χ2n) is 10.8. The minimum atomic E-state index is -0.814. The van der Waals surface area contributed by atoms with Gasteiger partial charge >= 0.3 is 12.1 Å². The summed E-state index contributed by atoms with van der Waals surface area (Å²) in [6.07, 6.45) is 1.92. The first-order chi connectivity index (χ1) is 16.7. The van der Waals surface area contributed by atoms with Gasteiger partial charge in [-0.05, 0) is 46.9 Å². The molecule has 3 atom stereocenters. The van der Waals surface area contributed by atoms with Crippen molar-refractivity contribution in [2.24, 2.45) is 11.3 Å². The lowest BCUT2D eigenvalue weighted by Gasteiger charge is -2.29. The number of amides is 2. The van der Waals surface area contributed by atoms with Gasteiger partial charge in [-0.3, -0.25) is 9.59 Å². The summed E-state index contributed by atoms with van der Waals surface area (Å²) >= 11 is 0. The number of carboxylic acids is 1. The number of nitrogens with one attached hydrogen (secondary N) is 1. The molecule has 35 heavy (non-hydrogen) atoms. The van der Waals surface area contributed by atoms with Crippen LogP contribution in [0.4, 0.5) is 4.79 Å². The van der Waals surface area contributed by atoms with Crippen LogP contribution in [0.3, 0.4) is 0 Å². The number of carbonyl (C=O) groups is 3. The van der Waals surface area contributed by atoms with Gasteiger partial charge in [0.05, 0.1) is 5.92 Å². The van der Waals surface area contributed by atoms with Crippen LogP contribution in [0.2, 0.25) is 0 Å². The van der Waals surface area contributed by atoms with E-state index in [1.165, 1.54) is 11.1 Å². The molecule has 2 fully saturated rings. The Morgan fingerprint density at radius 1 is 1.03 bits per heavy atom. The van der Waals surface area contributed by atoms with E-state index in [2.05, 4.69) is 29.6 Å². The molecule has 2 heterocycles. The van der Waals surface area contributed by atoms with Gasteiger partial charge in [0.25, 0.3) is 0 Å². The van der Waals surface area contributed by atoms with E-state index in [0.717, 1.165) is 24.0 Å². The number of carbonyl (C=O) groups excluding carboxylic acids is 2. The number of benzene rings is 2. The Hall–Kier alpha value is -3.35. The maximum absolute atomic E-state index is 13.1. The fourth-order valence-electron chi connectivity index (χ4n) is 6.17. The summed E-state index contributed by atoms with van der Waals surface area (Å²) in [6, 6.07) is 16.2. The number of carboxylic acid groups (broad SMARTS) is 1. The molecular formula is C28H32N2O5. The van der Waals surface area contributed by atoms with Crippen LogP contribution in [0.1, 0.15) is 56.6 Å². The van der Waals surface area contributed by atoms with Crippen LogP contribution in [0, 0.1) is 11.3 Å². The van der Waals surface area contributed by atoms with Gasteiger partial charge in [0.1, 0.15) is 6.61 Å². The third-order valence-corrected chi connectivity index (χ3v) is 7.83. The third-order valence-electron chi connectivity index (χ3n) is 7.83. The maximum Gasteiger partial charge on any atom is 0.407 e. The molecule has 0 radical (unpaired) electrons. The fourth-order valence-corrected chi connectivity index (χ4v) is 6.17. The predicted octanol–water partition coefficient (Wildman–Crippen LogP) is 4.41. The van der Waals surface area contributed by atoms with Gasteiger partial charge in [-0.1, -0.05) is 62.4 Å². The Morgan fingerprint density at radius 3 is 2.26 bits per heavy atom. The summed E-state index contributed by atoms with van der Waals surface area (Å²) in [5.41, 5.74) is 4.19. The quantitative estimate of drug-likeness (QED) is 0.617. The SMILES string of the molecule is CC(C)(CNC(=O)OCC1c2ccccc2-c2ccccc21)CC(=O)N1C2CCC1C(C(=O)O)C2. The number of fused-ring (bicyclic) bond motifs is 5. The minimum absolute atomic E-state index is 0.00411. The summed E-state index contributed by atoms with van der Waals surface area (Å²) in [7, 11) is 0. The molecule has 2 saturated heterocycles. The Balaban J connectivity index is 1.15. The van der Waals surface area contributed by atoms with Crippen molar-refractivity contribution in [3.63, 3.8) is 0 Å². The molecule has 0 spiro atoms. The molecule has 0 aromatic heterocycles. The number of hydrogen-bond donors (Lipinski definition) is 2. The molecule has 2 aromatic carbocycles. The van der Waals surface area contributed by atoms with E-state index < -0.39 is 23.4 Å². The lowest BCUT2D eigenvalue weighted by atomic mass is 9.88. The molecule has 2 aromatic rings. The first-order valence-corrected chi connectivity index (χ1v) is 12.4. The average molecular weight is 477 g/mol. The molecule has 184 valence electrons. The van der Waals surface area contributed by atoms with Gasteiger partial charge in [-0.2, -0.15) is 0 Å². The van der Waals surface area contributed by atoms with Crippen molar-refractivity contribution < 1.29 is 24.2 Å². The van der Waals surface area contributed by atoms with Gasteiger partial charge in [-0.25, -0.2) is 4.79 Å². The first kappa shape index (κ1) is 23.4. The fraction of sp³-hybridized carbons (Fsp3) is 0.464. The number of nitrogens with zero attached hydrogens (tertiary/aromatic N) is 1. The standard InChI is InChI=1S/C28H32N2O5/c1-28(2,14-25(31)30-17-11-12-24(30)22(13-17)26(32)33)16-29-27(34)35-15-23-20-9-5-3-7-18(20)19-8-4-6-10-21(19)23/h3-10,17,22-24H,11-16H2,1-2H3,(H,29,34)(H,32,33). The van der Waals surface area contributed by atoms with Crippen molar-refractivity contribution in [3.8, 4) is 11.1 Å². The zero-order valence-electron chi connectivity index (χ0n) is 20.2. The summed E-state index contributed by atoms with van der Waals surface area (Å²) < 4.78 is 5.61. The van der Waals surface area contributed by atoms with E-state index in [0.29, 0.717) is 13.0 Å². The van der Waals surface area contributed by atoms with Crippen molar-refractivity contribution in [1.82, 2.24) is 10.2 Å². The lowest BCUT2D eigenvalue weighted by molar-refractivity contribution is -0.143. The largest absolute Gasteiger partial charge is 0.481 e. The van der Waals surface area contributed by atoms with Crippen molar-refractivity contribution in [1.29, 1.82) is 0 Å². The predicted molar refractivity (Wildman–Crippen MR) is 131 cm³/mol. The molecule has 2 bridgehead atoms. The van der Waals surface area contributed by atoms with Crippen LogP contribution in [-0.2, 0) is 14.3 Å². The monoisotopic (exact) mass is 476 g/mol. The highest BCUT2D eigenvalue weighted by Gasteiger charge is 2.51. The molecule has 2 N–H and O–H groups in total. The Kier molecular flexibility index (Phi) is 6.03. The zero-order valence-corrected chi connectivity index (χ0v) is 20.2. The van der Waals surface area contributed by atoms with Crippen molar-refractivity contribution in [3.05, 3.63) is 59.7 Å². The summed E-state index contributed by atoms with van der Waals surface area (Å²) in [5, 5.41) is 12.3.